The third-order valence-corrected chi connectivity index (χ3v) is 4.84. The molecule has 5 nitrogen and oxygen atoms in total. The molecule has 2 heterocycles. The first-order chi connectivity index (χ1) is 11.0. The summed E-state index contributed by atoms with van der Waals surface area (Å²) in [6, 6.07) is 6.00. The number of carbonyl (C=O) groups is 2. The van der Waals surface area contributed by atoms with Gasteiger partial charge in [0.05, 0.1) is 11.8 Å². The molecule has 1 aliphatic carbocycles. The molecular formula is C17H13BrO5. The lowest BCUT2D eigenvalue weighted by molar-refractivity contribution is -0.152. The van der Waals surface area contributed by atoms with Crippen molar-refractivity contribution in [3.05, 3.63) is 57.3 Å². The predicted octanol–water partition coefficient (Wildman–Crippen LogP) is 2.95. The average Bonchev–Trinajstić information content (AvgIpc) is 3.10. The van der Waals surface area contributed by atoms with Crippen LogP contribution in [0.5, 0.6) is 0 Å². The molecule has 2 aliphatic heterocycles. The van der Waals surface area contributed by atoms with Gasteiger partial charge in [-0.1, -0.05) is 22.0 Å². The van der Waals surface area contributed by atoms with Crippen LogP contribution in [0.4, 0.5) is 0 Å². The number of fused-ring (bicyclic) bond motifs is 3. The summed E-state index contributed by atoms with van der Waals surface area (Å²) in [4.78, 5) is 23.4. The number of cyclic esters (lactones) is 1. The van der Waals surface area contributed by atoms with Crippen LogP contribution in [0.3, 0.4) is 0 Å². The maximum absolute atomic E-state index is 12.1. The van der Waals surface area contributed by atoms with Crippen LogP contribution < -0.4 is 0 Å². The van der Waals surface area contributed by atoms with Crippen LogP contribution in [0.1, 0.15) is 24.2 Å². The van der Waals surface area contributed by atoms with Gasteiger partial charge in [0.1, 0.15) is 6.10 Å². The van der Waals surface area contributed by atoms with Crippen molar-refractivity contribution in [1.29, 1.82) is 0 Å². The first-order valence-corrected chi connectivity index (χ1v) is 8.06. The number of carbonyl (C=O) groups excluding carboxylic acids is 2. The van der Waals surface area contributed by atoms with E-state index in [1.54, 1.807) is 13.0 Å². The maximum Gasteiger partial charge on any atom is 0.338 e. The standard InChI is InChI=1S/C17H13BrO5/c1-8-4-14(22-16(8)19)21-7-13-12-5-9-2-3-10(18)6-11(9)15(12)23-17(13)20/h2-4,6-7,12,14-15H,5H2,1H3/b13-7+/t12-,14-,15+/m1/s1. The van der Waals surface area contributed by atoms with Gasteiger partial charge in [-0.2, -0.15) is 0 Å². The van der Waals surface area contributed by atoms with Crippen LogP contribution in [0.15, 0.2) is 46.2 Å². The monoisotopic (exact) mass is 376 g/mol. The molecule has 0 saturated carbocycles. The van der Waals surface area contributed by atoms with Gasteiger partial charge >= 0.3 is 11.9 Å². The maximum atomic E-state index is 12.1. The van der Waals surface area contributed by atoms with Crippen molar-refractivity contribution in [2.45, 2.75) is 25.7 Å². The van der Waals surface area contributed by atoms with Crippen LogP contribution in [0.25, 0.3) is 0 Å². The molecule has 1 aromatic rings. The first kappa shape index (κ1) is 14.5. The van der Waals surface area contributed by atoms with Crippen LogP contribution >= 0.6 is 15.9 Å². The molecule has 3 aliphatic rings. The Hall–Kier alpha value is -2.08. The van der Waals surface area contributed by atoms with Gasteiger partial charge in [-0.05, 0) is 36.6 Å². The Morgan fingerprint density at radius 3 is 2.83 bits per heavy atom. The van der Waals surface area contributed by atoms with E-state index in [0.29, 0.717) is 11.1 Å². The highest BCUT2D eigenvalue weighted by Gasteiger charge is 2.46. The highest BCUT2D eigenvalue weighted by molar-refractivity contribution is 9.10. The third kappa shape index (κ3) is 2.37. The molecule has 6 heteroatoms. The first-order valence-electron chi connectivity index (χ1n) is 7.27. The Morgan fingerprint density at radius 2 is 2.09 bits per heavy atom. The van der Waals surface area contributed by atoms with Crippen LogP contribution in [-0.4, -0.2) is 18.2 Å². The highest BCUT2D eigenvalue weighted by Crippen LogP contribution is 2.48. The molecule has 4 rings (SSSR count). The van der Waals surface area contributed by atoms with Gasteiger partial charge < -0.3 is 14.2 Å². The van der Waals surface area contributed by atoms with E-state index in [9.17, 15) is 9.59 Å². The zero-order chi connectivity index (χ0) is 16.1. The molecule has 0 N–H and O–H groups in total. The lowest BCUT2D eigenvalue weighted by Crippen LogP contribution is -2.11. The van der Waals surface area contributed by atoms with Gasteiger partial charge in [-0.15, -0.1) is 0 Å². The van der Waals surface area contributed by atoms with Gasteiger partial charge in [-0.25, -0.2) is 9.59 Å². The SMILES string of the molecule is CC1=C[C@H](O/C=C2/C(=O)O[C@H]3c4cc(Br)ccc4C[C@H]23)OC1=O. The van der Waals surface area contributed by atoms with E-state index < -0.39 is 12.3 Å². The topological polar surface area (TPSA) is 61.8 Å². The smallest absolute Gasteiger partial charge is 0.338 e. The van der Waals surface area contributed by atoms with Gasteiger partial charge in [0.25, 0.3) is 6.29 Å². The fourth-order valence-corrected chi connectivity index (χ4v) is 3.56. The summed E-state index contributed by atoms with van der Waals surface area (Å²) >= 11 is 3.44. The van der Waals surface area contributed by atoms with Crippen LogP contribution in [0.2, 0.25) is 0 Å². The summed E-state index contributed by atoms with van der Waals surface area (Å²) in [7, 11) is 0. The Kier molecular flexibility index (Phi) is 3.30. The Labute approximate surface area is 141 Å². The van der Waals surface area contributed by atoms with Gasteiger partial charge in [0.15, 0.2) is 0 Å². The normalized spacial score (nSPS) is 29.9. The van der Waals surface area contributed by atoms with Crippen molar-refractivity contribution in [3.63, 3.8) is 0 Å². The minimum Gasteiger partial charge on any atom is -0.458 e. The Bertz CT molecular complexity index is 779. The number of esters is 2. The molecule has 0 bridgehead atoms. The van der Waals surface area contributed by atoms with Crippen molar-refractivity contribution >= 4 is 27.9 Å². The van der Waals surface area contributed by atoms with E-state index in [0.717, 1.165) is 16.5 Å². The van der Waals surface area contributed by atoms with Crippen molar-refractivity contribution < 1.29 is 23.8 Å². The van der Waals surface area contributed by atoms with Crippen molar-refractivity contribution in [1.82, 2.24) is 0 Å². The van der Waals surface area contributed by atoms with Gasteiger partial charge in [-0.3, -0.25) is 0 Å². The number of rotatable bonds is 2. The Morgan fingerprint density at radius 1 is 1.26 bits per heavy atom. The van der Waals surface area contributed by atoms with Crippen molar-refractivity contribution in [3.8, 4) is 0 Å². The number of halogens is 1. The molecule has 0 amide bonds. The zero-order valence-electron chi connectivity index (χ0n) is 12.2. The molecule has 3 atom stereocenters. The molecular weight excluding hydrogens is 364 g/mol. The molecule has 23 heavy (non-hydrogen) atoms. The quantitative estimate of drug-likeness (QED) is 0.451. The minimum absolute atomic E-state index is 0.0611. The molecule has 0 aromatic heterocycles. The summed E-state index contributed by atoms with van der Waals surface area (Å²) in [5.74, 6) is -0.844. The molecule has 118 valence electrons. The fraction of sp³-hybridized carbons (Fsp3) is 0.294. The summed E-state index contributed by atoms with van der Waals surface area (Å²) in [6.07, 6.45) is 2.64. The summed E-state index contributed by atoms with van der Waals surface area (Å²) in [6.45, 7) is 1.66. The second-order valence-corrected chi connectivity index (χ2v) is 6.73. The zero-order valence-corrected chi connectivity index (χ0v) is 13.8. The lowest BCUT2D eigenvalue weighted by atomic mass is 9.98. The van der Waals surface area contributed by atoms with Crippen molar-refractivity contribution in [2.75, 3.05) is 0 Å². The number of hydrogen-bond donors (Lipinski definition) is 0. The largest absolute Gasteiger partial charge is 0.458 e. The lowest BCUT2D eigenvalue weighted by Gasteiger charge is -2.09. The van der Waals surface area contributed by atoms with Gasteiger partial charge in [0, 0.05) is 22.0 Å². The van der Waals surface area contributed by atoms with E-state index in [1.807, 2.05) is 18.2 Å². The van der Waals surface area contributed by atoms with E-state index in [4.69, 9.17) is 14.2 Å². The molecule has 0 spiro atoms. The summed E-state index contributed by atoms with van der Waals surface area (Å²) in [5.41, 5.74) is 3.18. The van der Waals surface area contributed by atoms with E-state index in [1.165, 1.54) is 11.8 Å². The van der Waals surface area contributed by atoms with E-state index in [2.05, 4.69) is 15.9 Å². The fourth-order valence-electron chi connectivity index (χ4n) is 3.18. The molecule has 1 aromatic carbocycles. The van der Waals surface area contributed by atoms with E-state index >= 15 is 0 Å². The third-order valence-electron chi connectivity index (χ3n) is 4.35. The van der Waals surface area contributed by atoms with Crippen molar-refractivity contribution in [2.24, 2.45) is 5.92 Å². The van der Waals surface area contributed by atoms with Gasteiger partial charge in [0.2, 0.25) is 0 Å². The van der Waals surface area contributed by atoms with E-state index in [-0.39, 0.29) is 18.0 Å². The molecule has 0 unspecified atom stereocenters. The molecule has 1 fully saturated rings. The number of ether oxygens (including phenoxy) is 3. The minimum atomic E-state index is -0.778. The summed E-state index contributed by atoms with van der Waals surface area (Å²) in [5, 5.41) is 0. The predicted molar refractivity (Wildman–Crippen MR) is 83.0 cm³/mol. The van der Waals surface area contributed by atoms with Crippen LogP contribution in [0, 0.1) is 5.92 Å². The Balaban J connectivity index is 1.56. The summed E-state index contributed by atoms with van der Waals surface area (Å²) < 4.78 is 16.9. The number of benzene rings is 1. The average molecular weight is 377 g/mol. The molecule has 1 saturated heterocycles. The molecule has 0 radical (unpaired) electrons. The van der Waals surface area contributed by atoms with Crippen LogP contribution in [-0.2, 0) is 30.2 Å². The second-order valence-electron chi connectivity index (χ2n) is 5.81. The number of hydrogen-bond acceptors (Lipinski definition) is 5. The second kappa shape index (κ2) is 5.23. The highest BCUT2D eigenvalue weighted by atomic mass is 79.9.